The zero-order valence-electron chi connectivity index (χ0n) is 33.1. The molecule has 5 aliphatic rings. The van der Waals surface area contributed by atoms with E-state index in [9.17, 15) is 33.6 Å². The first-order valence-electron chi connectivity index (χ1n) is 20.0. The van der Waals surface area contributed by atoms with E-state index in [1.165, 1.54) is 24.2 Å². The van der Waals surface area contributed by atoms with Crippen molar-refractivity contribution in [1.29, 1.82) is 0 Å². The van der Waals surface area contributed by atoms with Crippen LogP contribution in [0.3, 0.4) is 0 Å². The second-order valence-corrected chi connectivity index (χ2v) is 17.9. The molecular weight excluding hydrogens is 686 g/mol. The Balaban J connectivity index is 1.18. The first-order valence-corrected chi connectivity index (χ1v) is 20.0. The molecule has 3 N–H and O–H groups in total. The number of nitrogens with one attached hydrogen (secondary N) is 3. The van der Waals surface area contributed by atoms with E-state index in [2.05, 4.69) is 16.0 Å². The Morgan fingerprint density at radius 1 is 0.889 bits per heavy atom. The summed E-state index contributed by atoms with van der Waals surface area (Å²) in [5.74, 6) is -1.82. The van der Waals surface area contributed by atoms with Crippen molar-refractivity contribution >= 4 is 41.1 Å². The number of carbonyl (C=O) groups is 7. The van der Waals surface area contributed by atoms with E-state index in [0.717, 1.165) is 19.3 Å². The molecule has 5 amide bonds. The molecule has 1 unspecified atom stereocenters. The van der Waals surface area contributed by atoms with E-state index in [1.54, 1.807) is 49.3 Å². The van der Waals surface area contributed by atoms with Crippen molar-refractivity contribution < 1.29 is 33.6 Å². The number of hydrogen-bond acceptors (Lipinski definition) is 7. The van der Waals surface area contributed by atoms with Gasteiger partial charge in [0.2, 0.25) is 23.5 Å². The van der Waals surface area contributed by atoms with Crippen molar-refractivity contribution in [2.75, 3.05) is 20.6 Å². The Morgan fingerprint density at radius 3 is 2.06 bits per heavy atom. The fourth-order valence-electron chi connectivity index (χ4n) is 9.91. The lowest BCUT2D eigenvalue weighted by molar-refractivity contribution is -0.143. The Morgan fingerprint density at radius 2 is 1.50 bits per heavy atom. The van der Waals surface area contributed by atoms with Gasteiger partial charge < -0.3 is 25.8 Å². The minimum absolute atomic E-state index is 0.188. The van der Waals surface area contributed by atoms with Gasteiger partial charge in [-0.05, 0) is 86.5 Å². The van der Waals surface area contributed by atoms with Gasteiger partial charge in [0.25, 0.3) is 0 Å². The molecule has 54 heavy (non-hydrogen) atoms. The van der Waals surface area contributed by atoms with E-state index in [4.69, 9.17) is 0 Å². The number of urea groups is 1. The highest BCUT2D eigenvalue weighted by molar-refractivity contribution is 6.38. The van der Waals surface area contributed by atoms with Crippen LogP contribution in [-0.4, -0.2) is 89.2 Å². The summed E-state index contributed by atoms with van der Waals surface area (Å²) in [4.78, 5) is 96.9. The largest absolute Gasteiger partial charge is 0.347 e. The van der Waals surface area contributed by atoms with Crippen molar-refractivity contribution in [2.45, 2.75) is 135 Å². The quantitative estimate of drug-likeness (QED) is 0.203. The molecule has 4 bridgehead atoms. The molecule has 4 saturated carbocycles. The molecule has 5 fully saturated rings. The lowest BCUT2D eigenvalue weighted by Crippen LogP contribution is -2.64. The molecule has 0 aromatic heterocycles. The summed E-state index contributed by atoms with van der Waals surface area (Å²) >= 11 is 0. The zero-order chi connectivity index (χ0) is 39.4. The van der Waals surface area contributed by atoms with Gasteiger partial charge in [-0.3, -0.25) is 28.8 Å². The normalized spacial score (nSPS) is 26.0. The monoisotopic (exact) mass is 747 g/mol. The van der Waals surface area contributed by atoms with Crippen LogP contribution in [0.15, 0.2) is 30.3 Å². The van der Waals surface area contributed by atoms with Gasteiger partial charge in [-0.15, -0.1) is 0 Å². The molecule has 0 radical (unpaired) electrons. The molecule has 1 saturated heterocycles. The van der Waals surface area contributed by atoms with Crippen LogP contribution >= 0.6 is 0 Å². The Kier molecular flexibility index (Phi) is 13.0. The molecule has 4 aliphatic carbocycles. The first-order chi connectivity index (χ1) is 25.5. The van der Waals surface area contributed by atoms with Crippen molar-refractivity contribution in [3.05, 3.63) is 35.9 Å². The maximum atomic E-state index is 14.2. The topological polar surface area (TPSA) is 162 Å². The number of amides is 5. The third-order valence-electron chi connectivity index (χ3n) is 12.1. The smallest absolute Gasteiger partial charge is 0.315 e. The van der Waals surface area contributed by atoms with Crippen molar-refractivity contribution in [3.8, 4) is 0 Å². The minimum atomic E-state index is -0.939. The van der Waals surface area contributed by atoms with Crippen LogP contribution in [0.25, 0.3) is 0 Å². The number of hydrogen-bond donors (Lipinski definition) is 3. The van der Waals surface area contributed by atoms with E-state index >= 15 is 0 Å². The average molecular weight is 748 g/mol. The number of benzene rings is 1. The van der Waals surface area contributed by atoms with E-state index in [1.807, 2.05) is 27.7 Å². The predicted octanol–water partition coefficient (Wildman–Crippen LogP) is 4.90. The number of rotatable bonds is 16. The lowest BCUT2D eigenvalue weighted by atomic mass is 9.53. The maximum absolute atomic E-state index is 14.2. The van der Waals surface area contributed by atoms with E-state index in [-0.39, 0.29) is 48.4 Å². The number of carbonyl (C=O) groups excluding carboxylic acids is 7. The van der Waals surface area contributed by atoms with Crippen LogP contribution in [0.5, 0.6) is 0 Å². The van der Waals surface area contributed by atoms with Crippen LogP contribution in [-0.2, 0) is 28.8 Å². The van der Waals surface area contributed by atoms with Crippen LogP contribution < -0.4 is 16.0 Å². The van der Waals surface area contributed by atoms with Gasteiger partial charge in [0.05, 0.1) is 6.04 Å². The molecule has 0 spiro atoms. The van der Waals surface area contributed by atoms with Crippen molar-refractivity contribution in [1.82, 2.24) is 25.8 Å². The fourth-order valence-corrected chi connectivity index (χ4v) is 9.91. The Bertz CT molecular complexity index is 1550. The summed E-state index contributed by atoms with van der Waals surface area (Å²) in [5, 5.41) is 9.02. The molecule has 1 heterocycles. The molecule has 1 aliphatic heterocycles. The molecule has 296 valence electrons. The Hall–Kier alpha value is -4.09. The van der Waals surface area contributed by atoms with Crippen LogP contribution in [0.4, 0.5) is 4.79 Å². The molecule has 1 aromatic rings. The second-order valence-electron chi connectivity index (χ2n) is 17.9. The molecule has 1 aromatic carbocycles. The highest BCUT2D eigenvalue weighted by atomic mass is 16.2. The summed E-state index contributed by atoms with van der Waals surface area (Å²) in [5.41, 5.74) is -0.251. The molecule has 12 nitrogen and oxygen atoms in total. The van der Waals surface area contributed by atoms with Gasteiger partial charge in [-0.1, -0.05) is 64.4 Å². The summed E-state index contributed by atoms with van der Waals surface area (Å²) in [6.07, 6.45) is 7.82. The lowest BCUT2D eigenvalue weighted by Gasteiger charge is -2.56. The minimum Gasteiger partial charge on any atom is -0.347 e. The van der Waals surface area contributed by atoms with E-state index in [0.29, 0.717) is 55.5 Å². The van der Waals surface area contributed by atoms with Gasteiger partial charge in [0.15, 0.2) is 11.6 Å². The van der Waals surface area contributed by atoms with Gasteiger partial charge in [-0.25, -0.2) is 4.79 Å². The van der Waals surface area contributed by atoms with E-state index < -0.39 is 46.9 Å². The van der Waals surface area contributed by atoms with Gasteiger partial charge in [0.1, 0.15) is 12.1 Å². The van der Waals surface area contributed by atoms with Crippen LogP contribution in [0.1, 0.15) is 123 Å². The molecular formula is C42H61N5O7. The zero-order valence-corrected chi connectivity index (χ0v) is 33.1. The van der Waals surface area contributed by atoms with Gasteiger partial charge in [0, 0.05) is 51.4 Å². The number of likely N-dealkylation sites (N-methyl/N-ethyl adjacent to an activating group) is 1. The number of ketones is 3. The summed E-state index contributed by atoms with van der Waals surface area (Å²) in [6.45, 7) is 7.93. The highest BCUT2D eigenvalue weighted by Crippen LogP contribution is 2.55. The standard InChI is InChI=1S/C42H61N5O7/c1-7-12-30(36(51)32(48)16-17-34(50)43-35(38(52)46(5)6)29-13-9-8-10-14-29)22-33(49)31-15-11-18-47(31)39(53)37(41(2,3)4)44-40(54)45-42-23-26-19-27(24-42)21-28(20-26)25-42/h8-10,13-14,26-28,30-31,35,37H,7,11-12,15-25H2,1-6H3,(H,43,50)(H2,44,45,54)/t26?,27?,28?,30?,31-,35-,37+,42?/m0/s1. The molecule has 4 atom stereocenters. The second kappa shape index (κ2) is 17.1. The fraction of sp³-hybridized carbons (Fsp3) is 0.690. The molecule has 12 heteroatoms. The maximum Gasteiger partial charge on any atom is 0.315 e. The molecule has 6 rings (SSSR count). The van der Waals surface area contributed by atoms with Gasteiger partial charge >= 0.3 is 6.03 Å². The third-order valence-corrected chi connectivity index (χ3v) is 12.1. The SMILES string of the molecule is CCCC(CC(=O)[C@@H]1CCCN1C(=O)[C@@H](NC(=O)NC12CC3CC(CC(C3)C1)C2)C(C)(C)C)C(=O)C(=O)CCC(=O)N[C@H](C(=O)N(C)C)c1ccccc1. The Labute approximate surface area is 320 Å². The predicted molar refractivity (Wildman–Crippen MR) is 204 cm³/mol. The van der Waals surface area contributed by atoms with Crippen LogP contribution in [0, 0.1) is 29.1 Å². The first kappa shape index (κ1) is 41.1. The highest BCUT2D eigenvalue weighted by Gasteiger charge is 2.52. The number of likely N-dealkylation sites (tertiary alicyclic amines) is 1. The van der Waals surface area contributed by atoms with Crippen LogP contribution in [0.2, 0.25) is 0 Å². The number of Topliss-reactive ketones (excluding diaryl/α,β-unsaturated/α-hetero) is 3. The average Bonchev–Trinajstić information content (AvgIpc) is 3.60. The third kappa shape index (κ3) is 9.76. The summed E-state index contributed by atoms with van der Waals surface area (Å²) < 4.78 is 0. The summed E-state index contributed by atoms with van der Waals surface area (Å²) in [6, 6.07) is 5.88. The van der Waals surface area contributed by atoms with Gasteiger partial charge in [-0.2, -0.15) is 0 Å². The summed E-state index contributed by atoms with van der Waals surface area (Å²) in [7, 11) is 3.18. The number of nitrogens with zero attached hydrogens (tertiary/aromatic N) is 2. The van der Waals surface area contributed by atoms with Crippen molar-refractivity contribution in [3.63, 3.8) is 0 Å². The van der Waals surface area contributed by atoms with Crippen molar-refractivity contribution in [2.24, 2.45) is 29.1 Å².